The smallest absolute Gasteiger partial charge is 0.457 e. The number of aromatic nitrogens is 1. The predicted octanol–water partition coefficient (Wildman–Crippen LogP) is 5.49. The number of anilines is 1. The van der Waals surface area contributed by atoms with Gasteiger partial charge in [0, 0.05) is 31.7 Å². The summed E-state index contributed by atoms with van der Waals surface area (Å²) in [5.74, 6) is -6.31. The lowest BCUT2D eigenvalue weighted by Gasteiger charge is -2.42. The van der Waals surface area contributed by atoms with E-state index in [2.05, 4.69) is 9.88 Å². The third kappa shape index (κ3) is 6.13. The number of likely N-dealkylation sites (tertiary alicyclic amines) is 1. The van der Waals surface area contributed by atoms with Crippen LogP contribution in [0.15, 0.2) is 36.4 Å². The van der Waals surface area contributed by atoms with Crippen LogP contribution in [0.4, 0.5) is 27.8 Å². The summed E-state index contributed by atoms with van der Waals surface area (Å²) in [6.07, 6.45) is -2.14. The van der Waals surface area contributed by atoms with Gasteiger partial charge in [0.05, 0.1) is 12.7 Å². The van der Waals surface area contributed by atoms with Crippen LogP contribution < -0.4 is 9.64 Å². The molecule has 4 rings (SSSR count). The predicted molar refractivity (Wildman–Crippen MR) is 141 cm³/mol. The Balaban J connectivity index is 1.38. The molecule has 0 radical (unpaired) electrons. The zero-order chi connectivity index (χ0) is 30.0. The number of hydrogen-bond acceptors (Lipinski definition) is 6. The number of nitrogens with zero attached hydrogens (tertiary/aromatic N) is 3. The Morgan fingerprint density at radius 2 is 1.66 bits per heavy atom. The lowest BCUT2D eigenvalue weighted by atomic mass is 9.81. The molecule has 0 bridgehead atoms. The summed E-state index contributed by atoms with van der Waals surface area (Å²) in [6, 6.07) is 7.50. The van der Waals surface area contributed by atoms with Gasteiger partial charge in [-0.1, -0.05) is 23.7 Å². The molecule has 0 saturated carbocycles. The number of carbonyl (C=O) groups excluding carboxylic acids is 2. The molecule has 1 aromatic heterocycles. The number of piperidine rings is 2. The van der Waals surface area contributed by atoms with E-state index in [1.165, 1.54) is 13.2 Å². The first kappa shape index (κ1) is 31.0. The normalized spacial score (nSPS) is 19.1. The van der Waals surface area contributed by atoms with Crippen molar-refractivity contribution < 1.29 is 41.4 Å². The van der Waals surface area contributed by atoms with E-state index in [9.17, 15) is 36.6 Å². The molecule has 2 saturated heterocycles. The van der Waals surface area contributed by atoms with E-state index in [0.717, 1.165) is 55.5 Å². The van der Waals surface area contributed by atoms with Gasteiger partial charge < -0.3 is 19.6 Å². The first-order valence-corrected chi connectivity index (χ1v) is 13.7. The largest absolute Gasteiger partial charge is 0.497 e. The second kappa shape index (κ2) is 12.1. The third-order valence-electron chi connectivity index (χ3n) is 8.10. The molecule has 3 heterocycles. The van der Waals surface area contributed by atoms with Crippen molar-refractivity contribution in [1.82, 2.24) is 9.88 Å². The van der Waals surface area contributed by atoms with Crippen LogP contribution in [-0.4, -0.2) is 72.6 Å². The third-order valence-corrected chi connectivity index (χ3v) is 8.41. The summed E-state index contributed by atoms with van der Waals surface area (Å²) < 4.78 is 75.0. The molecule has 1 atom stereocenters. The van der Waals surface area contributed by atoms with Gasteiger partial charge in [0.1, 0.15) is 16.7 Å². The number of rotatable bonds is 8. The Bertz CT molecular complexity index is 1250. The van der Waals surface area contributed by atoms with Gasteiger partial charge in [0.25, 0.3) is 5.91 Å². The zero-order valence-electron chi connectivity index (χ0n) is 22.3. The minimum absolute atomic E-state index is 0.0476. The first-order valence-electron chi connectivity index (χ1n) is 13.3. The molecule has 41 heavy (non-hydrogen) atoms. The highest BCUT2D eigenvalue weighted by molar-refractivity contribution is 6.31. The van der Waals surface area contributed by atoms with Crippen molar-refractivity contribution >= 4 is 29.6 Å². The second-order valence-electron chi connectivity index (χ2n) is 10.6. The Morgan fingerprint density at radius 1 is 1.05 bits per heavy atom. The second-order valence-corrected chi connectivity index (χ2v) is 10.9. The standard InChI is InChI=1S/C28H31ClF5N3O4/c1-41-22-4-2-3-21(16-22)26(40,27(30,31)28(32,33)34)25(39)37-13-9-19(10-14-37)15-18-7-11-36(12-8-18)23-6-5-20(17-38)24(29)35-23/h2-6,16-19,40H,7-15H2,1H3. The number of carbonyl (C=O) groups is 2. The maximum Gasteiger partial charge on any atom is 0.457 e. The van der Waals surface area contributed by atoms with Crippen LogP contribution in [0.25, 0.3) is 0 Å². The Morgan fingerprint density at radius 3 is 2.20 bits per heavy atom. The van der Waals surface area contributed by atoms with Crippen LogP contribution in [0.3, 0.4) is 0 Å². The molecule has 1 amide bonds. The molecule has 1 aromatic carbocycles. The van der Waals surface area contributed by atoms with Crippen molar-refractivity contribution in [1.29, 1.82) is 0 Å². The summed E-state index contributed by atoms with van der Waals surface area (Å²) >= 11 is 6.05. The van der Waals surface area contributed by atoms with Gasteiger partial charge in [-0.15, -0.1) is 0 Å². The number of aliphatic hydroxyl groups is 1. The monoisotopic (exact) mass is 603 g/mol. The van der Waals surface area contributed by atoms with Crippen molar-refractivity contribution in [3.8, 4) is 5.75 Å². The van der Waals surface area contributed by atoms with Crippen molar-refractivity contribution in [3.05, 3.63) is 52.7 Å². The van der Waals surface area contributed by atoms with Crippen LogP contribution in [0.1, 0.15) is 48.0 Å². The van der Waals surface area contributed by atoms with Gasteiger partial charge in [-0.05, 0) is 68.2 Å². The molecule has 2 aliphatic heterocycles. The van der Waals surface area contributed by atoms with Crippen LogP contribution in [-0.2, 0) is 10.4 Å². The van der Waals surface area contributed by atoms with Gasteiger partial charge in [0.15, 0.2) is 6.29 Å². The Labute approximate surface area is 239 Å². The van der Waals surface area contributed by atoms with Crippen molar-refractivity contribution in [2.24, 2.45) is 11.8 Å². The number of benzene rings is 1. The van der Waals surface area contributed by atoms with E-state index in [0.29, 0.717) is 36.4 Å². The van der Waals surface area contributed by atoms with E-state index in [-0.39, 0.29) is 29.9 Å². The average molecular weight is 604 g/mol. The minimum atomic E-state index is -6.18. The molecule has 2 aromatic rings. The fourth-order valence-corrected chi connectivity index (χ4v) is 5.86. The minimum Gasteiger partial charge on any atom is -0.497 e. The number of alkyl halides is 5. The van der Waals surface area contributed by atoms with Crippen LogP contribution in [0.2, 0.25) is 5.15 Å². The number of halogens is 6. The van der Waals surface area contributed by atoms with E-state index >= 15 is 0 Å². The van der Waals surface area contributed by atoms with Crippen molar-refractivity contribution in [3.63, 3.8) is 0 Å². The van der Waals surface area contributed by atoms with Crippen LogP contribution in [0, 0.1) is 11.8 Å². The van der Waals surface area contributed by atoms with E-state index < -0.39 is 29.2 Å². The number of pyridine rings is 1. The molecule has 13 heteroatoms. The summed E-state index contributed by atoms with van der Waals surface area (Å²) in [4.78, 5) is 31.5. The van der Waals surface area contributed by atoms with Gasteiger partial charge in [-0.3, -0.25) is 9.59 Å². The lowest BCUT2D eigenvalue weighted by Crippen LogP contribution is -2.63. The highest BCUT2D eigenvalue weighted by Gasteiger charge is 2.74. The lowest BCUT2D eigenvalue weighted by molar-refractivity contribution is -0.339. The van der Waals surface area contributed by atoms with Gasteiger partial charge >= 0.3 is 12.1 Å². The number of ether oxygens (including phenoxy) is 1. The summed E-state index contributed by atoms with van der Waals surface area (Å²) in [5.41, 5.74) is -4.73. The topological polar surface area (TPSA) is 83.0 Å². The van der Waals surface area contributed by atoms with E-state index in [1.807, 2.05) is 0 Å². The van der Waals surface area contributed by atoms with Gasteiger partial charge in [-0.2, -0.15) is 22.0 Å². The molecule has 7 nitrogen and oxygen atoms in total. The number of amides is 1. The number of aldehydes is 1. The maximum absolute atomic E-state index is 14.8. The molecule has 0 aliphatic carbocycles. The number of methoxy groups -OCH3 is 1. The quantitative estimate of drug-likeness (QED) is 0.244. The van der Waals surface area contributed by atoms with E-state index in [4.69, 9.17) is 16.3 Å². The zero-order valence-corrected chi connectivity index (χ0v) is 23.1. The molecular weight excluding hydrogens is 573 g/mol. The molecule has 224 valence electrons. The van der Waals surface area contributed by atoms with Gasteiger partial charge in [-0.25, -0.2) is 4.98 Å². The summed E-state index contributed by atoms with van der Waals surface area (Å²) in [6.45, 7) is 1.36. The molecule has 2 fully saturated rings. The highest BCUT2D eigenvalue weighted by atomic mass is 35.5. The molecule has 1 unspecified atom stereocenters. The first-order chi connectivity index (χ1) is 19.3. The average Bonchev–Trinajstić information content (AvgIpc) is 2.96. The summed E-state index contributed by atoms with van der Waals surface area (Å²) in [7, 11) is 1.19. The number of hydrogen-bond donors (Lipinski definition) is 1. The molecule has 0 spiro atoms. The SMILES string of the molecule is COc1cccc(C(O)(C(=O)N2CCC(CC3CCN(c4ccc(C=O)c(Cl)n4)CC3)CC2)C(F)(F)C(F)(F)F)c1. The van der Waals surface area contributed by atoms with Crippen molar-refractivity contribution in [2.45, 2.75) is 49.8 Å². The Kier molecular flexibility index (Phi) is 9.13. The van der Waals surface area contributed by atoms with Crippen molar-refractivity contribution in [2.75, 3.05) is 38.2 Å². The van der Waals surface area contributed by atoms with Crippen LogP contribution >= 0.6 is 11.6 Å². The molecule has 1 N–H and O–H groups in total. The fourth-order valence-electron chi connectivity index (χ4n) is 5.66. The van der Waals surface area contributed by atoms with E-state index in [1.54, 1.807) is 12.1 Å². The fraction of sp³-hybridized carbons (Fsp3) is 0.536. The van der Waals surface area contributed by atoms with Gasteiger partial charge in [0.2, 0.25) is 5.60 Å². The molecular formula is C28H31ClF5N3O4. The molecule has 2 aliphatic rings. The van der Waals surface area contributed by atoms with Crippen LogP contribution in [0.5, 0.6) is 5.75 Å². The highest BCUT2D eigenvalue weighted by Crippen LogP contribution is 2.50. The maximum atomic E-state index is 14.8. The Hall–Kier alpha value is -2.99. The summed E-state index contributed by atoms with van der Waals surface area (Å²) in [5, 5.41) is 11.1.